The molecule has 0 saturated heterocycles. The predicted molar refractivity (Wildman–Crippen MR) is 259 cm³/mol. The summed E-state index contributed by atoms with van der Waals surface area (Å²) in [6.07, 6.45) is 3.48. The largest absolute Gasteiger partial charge is 0.458 e. The van der Waals surface area contributed by atoms with Gasteiger partial charge >= 0.3 is 11.9 Å². The Morgan fingerprint density at radius 2 is 0.871 bits per heavy atom. The van der Waals surface area contributed by atoms with E-state index in [4.69, 9.17) is 9.47 Å². The normalized spacial score (nSPS) is 14.0. The number of rotatable bonds is 23. The summed E-state index contributed by atoms with van der Waals surface area (Å²) in [5.41, 5.74) is -1.29. The number of aromatic amines is 2. The summed E-state index contributed by atoms with van der Waals surface area (Å²) in [5, 5.41) is 16.2. The van der Waals surface area contributed by atoms with Crippen molar-refractivity contribution in [3.05, 3.63) is 107 Å². The predicted octanol–water partition coefficient (Wildman–Crippen LogP) is 3.72. The lowest BCUT2D eigenvalue weighted by Gasteiger charge is -2.27. The fourth-order valence-electron chi connectivity index (χ4n) is 6.96. The van der Waals surface area contributed by atoms with Crippen molar-refractivity contribution in [3.8, 4) is 0 Å². The highest BCUT2D eigenvalue weighted by molar-refractivity contribution is 6.07. The fraction of sp³-hybridized carbons (Fsp3) is 0.480. The molecule has 378 valence electrons. The Balaban J connectivity index is 1.45. The van der Waals surface area contributed by atoms with Crippen LogP contribution in [-0.2, 0) is 41.5 Å². The quantitative estimate of drug-likeness (QED) is 0.0390. The molecular weight excluding hydrogens is 901 g/mol. The van der Waals surface area contributed by atoms with Gasteiger partial charge in [-0.3, -0.25) is 28.8 Å². The monoisotopic (exact) mass is 969 g/mol. The Bertz CT molecular complexity index is 2260. The molecule has 2 aromatic heterocycles. The van der Waals surface area contributed by atoms with Gasteiger partial charge in [-0.15, -0.1) is 0 Å². The van der Waals surface area contributed by atoms with Gasteiger partial charge in [-0.1, -0.05) is 101 Å². The molecule has 0 radical (unpaired) electrons. The van der Waals surface area contributed by atoms with Crippen molar-refractivity contribution in [1.82, 2.24) is 51.8 Å². The molecule has 0 fully saturated rings. The van der Waals surface area contributed by atoms with E-state index < -0.39 is 82.8 Å². The number of benzene rings is 2. The second-order valence-electron chi connectivity index (χ2n) is 19.0. The van der Waals surface area contributed by atoms with Crippen LogP contribution in [0.2, 0.25) is 0 Å². The van der Waals surface area contributed by atoms with Gasteiger partial charge in [-0.2, -0.15) is 0 Å². The Hall–Kier alpha value is -7.38. The molecule has 0 aliphatic rings. The number of esters is 2. The van der Waals surface area contributed by atoms with E-state index in [9.17, 15) is 38.4 Å². The average Bonchev–Trinajstić information content (AvgIpc) is 4.01. The molecule has 4 rings (SSSR count). The molecule has 0 saturated carbocycles. The highest BCUT2D eigenvalue weighted by Gasteiger charge is 2.35. The molecule has 4 aromatic rings. The molecular formula is C50H68N10O10. The number of hydrogen-bond acceptors (Lipinski definition) is 12. The van der Waals surface area contributed by atoms with Crippen LogP contribution in [0.1, 0.15) is 135 Å². The zero-order valence-electron chi connectivity index (χ0n) is 41.6. The molecule has 20 heteroatoms. The molecule has 70 heavy (non-hydrogen) atoms. The van der Waals surface area contributed by atoms with Gasteiger partial charge < -0.3 is 51.3 Å². The van der Waals surface area contributed by atoms with Crippen LogP contribution in [0, 0.1) is 11.8 Å². The molecule has 0 aliphatic carbocycles. The second kappa shape index (κ2) is 25.3. The summed E-state index contributed by atoms with van der Waals surface area (Å²) in [6.45, 7) is 17.4. The van der Waals surface area contributed by atoms with E-state index >= 15 is 0 Å². The first-order valence-electron chi connectivity index (χ1n) is 23.4. The molecule has 0 unspecified atom stereocenters. The summed E-state index contributed by atoms with van der Waals surface area (Å²) >= 11 is 0. The van der Waals surface area contributed by atoms with E-state index in [1.165, 1.54) is 0 Å². The lowest BCUT2D eigenvalue weighted by molar-refractivity contribution is -0.159. The zero-order valence-corrected chi connectivity index (χ0v) is 41.6. The maximum absolute atomic E-state index is 13.8. The Kier molecular flexibility index (Phi) is 20.0. The van der Waals surface area contributed by atoms with Crippen LogP contribution in [0.3, 0.4) is 0 Å². The van der Waals surface area contributed by atoms with Crippen molar-refractivity contribution in [1.29, 1.82) is 0 Å². The number of nitrogens with one attached hydrogen (secondary N) is 8. The zero-order chi connectivity index (χ0) is 51.8. The maximum Gasteiger partial charge on any atom is 0.329 e. The van der Waals surface area contributed by atoms with Crippen LogP contribution in [0.25, 0.3) is 0 Å². The topological polar surface area (TPSA) is 285 Å². The van der Waals surface area contributed by atoms with E-state index in [1.54, 1.807) is 116 Å². The number of amides is 6. The molecule has 20 nitrogen and oxygen atoms in total. The van der Waals surface area contributed by atoms with Gasteiger partial charge in [-0.25, -0.2) is 19.6 Å². The molecule has 2 aromatic carbocycles. The van der Waals surface area contributed by atoms with Crippen LogP contribution in [0.5, 0.6) is 0 Å². The molecule has 0 bridgehead atoms. The van der Waals surface area contributed by atoms with E-state index in [0.29, 0.717) is 24.0 Å². The van der Waals surface area contributed by atoms with Gasteiger partial charge in [0.25, 0.3) is 23.6 Å². The van der Waals surface area contributed by atoms with Gasteiger partial charge in [0.15, 0.2) is 11.4 Å². The highest BCUT2D eigenvalue weighted by atomic mass is 16.6. The van der Waals surface area contributed by atoms with Gasteiger partial charge in [0.05, 0.1) is 12.7 Å². The number of hydrogen-bond donors (Lipinski definition) is 8. The highest BCUT2D eigenvalue weighted by Crippen LogP contribution is 2.18. The number of H-pyrrole nitrogens is 2. The average molecular weight is 969 g/mol. The number of imidazole rings is 2. The summed E-state index contributed by atoms with van der Waals surface area (Å²) < 4.78 is 11.1. The molecule has 0 aliphatic heterocycles. The van der Waals surface area contributed by atoms with Gasteiger partial charge in [-0.05, 0) is 64.5 Å². The third kappa shape index (κ3) is 16.7. The van der Waals surface area contributed by atoms with E-state index in [-0.39, 0.29) is 60.5 Å². The lowest BCUT2D eigenvalue weighted by atomic mass is 9.98. The molecule has 2 heterocycles. The fourth-order valence-corrected chi connectivity index (χ4v) is 6.96. The van der Waals surface area contributed by atoms with E-state index in [2.05, 4.69) is 51.8 Å². The minimum atomic E-state index is -1.18. The first-order valence-corrected chi connectivity index (χ1v) is 23.4. The molecule has 8 N–H and O–H groups in total. The van der Waals surface area contributed by atoms with Crippen LogP contribution in [0.15, 0.2) is 73.3 Å². The van der Waals surface area contributed by atoms with Crippen molar-refractivity contribution in [2.45, 2.75) is 130 Å². The number of carbonyl (C=O) groups excluding carboxylic acids is 8. The van der Waals surface area contributed by atoms with Crippen molar-refractivity contribution >= 4 is 47.4 Å². The number of ether oxygens (including phenoxy) is 2. The molecule has 6 amide bonds. The standard InChI is InChI=1S/C50H68N10O10/c1-11-29(3)35(47(67)69-49(5,6)7)59-45(65)39-37(53-27-55-39)43(63)57-33(25-31-19-15-13-16-20-31)41(61)51-23-24-52-42(62)34(26-32-21-17-14-18-22-32)58-44(64)38-40(56-28-54-38)46(66)60-36(30(4)12-2)48(68)70-50(8,9)10/h13-22,27-30,33-36H,11-12,23-26H2,1-10H3,(H,51,61)(H,52,62)(H,53,55)(H,54,56)(H,57,63)(H,58,64)(H,59,65)(H,60,66)/t29-,30-,33-,34+,35-,36-/m0/s1. The van der Waals surface area contributed by atoms with Crippen LogP contribution in [-0.4, -0.2) is 116 Å². The Labute approximate surface area is 408 Å². The van der Waals surface area contributed by atoms with Gasteiger partial charge in [0.1, 0.15) is 46.8 Å². The van der Waals surface area contributed by atoms with Crippen molar-refractivity contribution < 1.29 is 47.8 Å². The minimum absolute atomic E-state index is 0.0448. The van der Waals surface area contributed by atoms with E-state index in [1.807, 2.05) is 13.8 Å². The maximum atomic E-state index is 13.8. The molecule has 6 atom stereocenters. The minimum Gasteiger partial charge on any atom is -0.458 e. The summed E-state index contributed by atoms with van der Waals surface area (Å²) in [7, 11) is 0. The van der Waals surface area contributed by atoms with Crippen molar-refractivity contribution in [3.63, 3.8) is 0 Å². The number of nitrogens with zero attached hydrogens (tertiary/aromatic N) is 2. The van der Waals surface area contributed by atoms with Crippen LogP contribution in [0.4, 0.5) is 0 Å². The Morgan fingerprint density at radius 3 is 1.19 bits per heavy atom. The first-order chi connectivity index (χ1) is 33.0. The number of aromatic nitrogens is 4. The van der Waals surface area contributed by atoms with Crippen molar-refractivity contribution in [2.24, 2.45) is 11.8 Å². The lowest BCUT2D eigenvalue weighted by Crippen LogP contribution is -2.52. The van der Waals surface area contributed by atoms with Crippen LogP contribution < -0.4 is 31.9 Å². The summed E-state index contributed by atoms with van der Waals surface area (Å²) in [6, 6.07) is 13.4. The third-order valence-corrected chi connectivity index (χ3v) is 11.0. The number of carbonyl (C=O) groups is 8. The van der Waals surface area contributed by atoms with Crippen molar-refractivity contribution in [2.75, 3.05) is 13.1 Å². The van der Waals surface area contributed by atoms with Crippen LogP contribution >= 0.6 is 0 Å². The smallest absolute Gasteiger partial charge is 0.329 e. The summed E-state index contributed by atoms with van der Waals surface area (Å²) in [4.78, 5) is 122. The summed E-state index contributed by atoms with van der Waals surface area (Å²) in [5.74, 6) is -6.36. The third-order valence-electron chi connectivity index (χ3n) is 11.0. The molecule has 0 spiro atoms. The SMILES string of the molecule is CC[C@H](C)[C@H](NC(=O)c1[nH]cnc1C(=O)N[C@@H](Cc1ccccc1)C(=O)NCCNC(=O)[C@@H](Cc1ccccc1)NC(=O)c1nc[nH]c1C(=O)N[C@H](C(=O)OC(C)(C)C)[C@@H](C)CC)C(=O)OC(C)(C)C. The van der Waals surface area contributed by atoms with Gasteiger partial charge in [0.2, 0.25) is 11.8 Å². The Morgan fingerprint density at radius 1 is 0.529 bits per heavy atom. The second-order valence-corrected chi connectivity index (χ2v) is 19.0. The van der Waals surface area contributed by atoms with E-state index in [0.717, 1.165) is 12.7 Å². The first kappa shape index (κ1) is 55.2. The van der Waals surface area contributed by atoms with Gasteiger partial charge in [0, 0.05) is 25.9 Å².